The molecule has 0 aromatic heterocycles. The number of Topliss-reactive ketones (excluding diaryl/α,β-unsaturated/α-hetero) is 1. The van der Waals surface area contributed by atoms with E-state index in [9.17, 15) is 24.9 Å². The highest BCUT2D eigenvalue weighted by molar-refractivity contribution is 5.92. The standard InChI is InChI=1S/C22H31FO5/c1-12-8-16-15-5-4-13-9-14(25)6-7-19(13,2)21(15,23)17(26)10-20(16,3)22(12,28)18(27)11-24/h9,12,15-17,24,26,28H,4-8,10-11H2,1-3H3/t12?,15?,16?,17?,19-,20-,21-,22-/m0/s1. The first-order chi connectivity index (χ1) is 13.0. The second-order valence-electron chi connectivity index (χ2n) is 10.1. The smallest absolute Gasteiger partial charge is 0.190 e. The molecule has 6 heteroatoms. The van der Waals surface area contributed by atoms with Crippen LogP contribution in [0, 0.1) is 28.6 Å². The van der Waals surface area contributed by atoms with Crippen molar-refractivity contribution in [3.63, 3.8) is 0 Å². The number of hydrogen-bond donors (Lipinski definition) is 3. The molecule has 8 atom stereocenters. The average Bonchev–Trinajstić information content (AvgIpc) is 2.84. The quantitative estimate of drug-likeness (QED) is 0.667. The Labute approximate surface area is 165 Å². The van der Waals surface area contributed by atoms with E-state index >= 15 is 4.39 Å². The van der Waals surface area contributed by atoms with Gasteiger partial charge in [-0.15, -0.1) is 0 Å². The third kappa shape index (κ3) is 2.07. The minimum absolute atomic E-state index is 0.0158. The van der Waals surface area contributed by atoms with Crippen molar-refractivity contribution in [3.8, 4) is 0 Å². The molecule has 3 saturated carbocycles. The maximum absolute atomic E-state index is 16.9. The zero-order valence-electron chi connectivity index (χ0n) is 16.9. The van der Waals surface area contributed by atoms with Crippen LogP contribution >= 0.6 is 0 Å². The van der Waals surface area contributed by atoms with E-state index in [1.807, 2.05) is 6.92 Å². The number of alkyl halides is 1. The Balaban J connectivity index is 1.83. The summed E-state index contributed by atoms with van der Waals surface area (Å²) in [6.07, 6.45) is 2.41. The first kappa shape index (κ1) is 20.2. The van der Waals surface area contributed by atoms with Crippen LogP contribution in [0.4, 0.5) is 4.39 Å². The Bertz CT molecular complexity index is 764. The Hall–Kier alpha value is -1.11. The largest absolute Gasteiger partial charge is 0.390 e. The predicted molar refractivity (Wildman–Crippen MR) is 100 cm³/mol. The van der Waals surface area contributed by atoms with Gasteiger partial charge in [-0.25, -0.2) is 4.39 Å². The average molecular weight is 394 g/mol. The van der Waals surface area contributed by atoms with Gasteiger partial charge in [-0.3, -0.25) is 9.59 Å². The van der Waals surface area contributed by atoms with Gasteiger partial charge in [0.1, 0.15) is 17.9 Å². The van der Waals surface area contributed by atoms with Crippen LogP contribution in [0.5, 0.6) is 0 Å². The molecular formula is C22H31FO5. The number of halogens is 1. The molecule has 0 spiro atoms. The van der Waals surface area contributed by atoms with Gasteiger partial charge in [-0.1, -0.05) is 26.3 Å². The van der Waals surface area contributed by atoms with Crippen LogP contribution in [0.25, 0.3) is 0 Å². The number of carbonyl (C=O) groups excluding carboxylic acids is 2. The summed E-state index contributed by atoms with van der Waals surface area (Å²) in [7, 11) is 0. The molecule has 4 aliphatic carbocycles. The highest BCUT2D eigenvalue weighted by Gasteiger charge is 2.75. The number of allylic oxidation sites excluding steroid dienone is 1. The van der Waals surface area contributed by atoms with Crippen LogP contribution < -0.4 is 0 Å². The van der Waals surface area contributed by atoms with Crippen molar-refractivity contribution in [3.05, 3.63) is 11.6 Å². The Kier molecular flexibility index (Phi) is 4.29. The van der Waals surface area contributed by atoms with E-state index in [1.54, 1.807) is 19.9 Å². The van der Waals surface area contributed by atoms with Crippen LogP contribution in [0.3, 0.4) is 0 Å². The van der Waals surface area contributed by atoms with Crippen molar-refractivity contribution in [2.75, 3.05) is 6.61 Å². The highest BCUT2D eigenvalue weighted by atomic mass is 19.1. The number of hydrogen-bond acceptors (Lipinski definition) is 5. The van der Waals surface area contributed by atoms with Crippen LogP contribution in [-0.2, 0) is 9.59 Å². The lowest BCUT2D eigenvalue weighted by Crippen LogP contribution is -2.69. The monoisotopic (exact) mass is 394 g/mol. The molecule has 0 radical (unpaired) electrons. The van der Waals surface area contributed by atoms with Crippen LogP contribution in [0.1, 0.15) is 59.3 Å². The van der Waals surface area contributed by atoms with Gasteiger partial charge < -0.3 is 15.3 Å². The molecule has 4 aliphatic rings. The fraction of sp³-hybridized carbons (Fsp3) is 0.818. The minimum Gasteiger partial charge on any atom is -0.390 e. The summed E-state index contributed by atoms with van der Waals surface area (Å²) in [5.41, 5.74) is -4.77. The summed E-state index contributed by atoms with van der Waals surface area (Å²) in [4.78, 5) is 24.5. The molecule has 0 saturated heterocycles. The van der Waals surface area contributed by atoms with Crippen molar-refractivity contribution >= 4 is 11.6 Å². The van der Waals surface area contributed by atoms with Gasteiger partial charge in [-0.2, -0.15) is 0 Å². The molecule has 5 nitrogen and oxygen atoms in total. The van der Waals surface area contributed by atoms with E-state index in [0.717, 1.165) is 5.57 Å². The summed E-state index contributed by atoms with van der Waals surface area (Å²) in [5, 5.41) is 32.0. The second kappa shape index (κ2) is 5.96. The Morgan fingerprint density at radius 3 is 2.61 bits per heavy atom. The molecule has 4 rings (SSSR count). The molecule has 4 unspecified atom stereocenters. The number of ketones is 2. The van der Waals surface area contributed by atoms with Gasteiger partial charge in [-0.05, 0) is 50.0 Å². The van der Waals surface area contributed by atoms with E-state index in [1.165, 1.54) is 0 Å². The van der Waals surface area contributed by atoms with Gasteiger partial charge in [0.2, 0.25) is 0 Å². The molecular weight excluding hydrogens is 363 g/mol. The summed E-state index contributed by atoms with van der Waals surface area (Å²) in [5.74, 6) is -1.82. The number of rotatable bonds is 2. The van der Waals surface area contributed by atoms with Crippen molar-refractivity contribution < 1.29 is 29.3 Å². The lowest BCUT2D eigenvalue weighted by atomic mass is 9.44. The van der Waals surface area contributed by atoms with Crippen molar-refractivity contribution in [2.45, 2.75) is 76.7 Å². The first-order valence-electron chi connectivity index (χ1n) is 10.4. The van der Waals surface area contributed by atoms with Crippen LogP contribution in [-0.4, -0.2) is 50.9 Å². The Morgan fingerprint density at radius 2 is 1.96 bits per heavy atom. The normalized spacial score (nSPS) is 53.1. The van der Waals surface area contributed by atoms with E-state index in [0.29, 0.717) is 25.7 Å². The molecule has 3 N–H and O–H groups in total. The fourth-order valence-corrected chi connectivity index (χ4v) is 7.62. The number of carbonyl (C=O) groups is 2. The van der Waals surface area contributed by atoms with E-state index in [4.69, 9.17) is 0 Å². The molecule has 0 amide bonds. The molecule has 0 bridgehead atoms. The number of fused-ring (bicyclic) bond motifs is 5. The van der Waals surface area contributed by atoms with Crippen molar-refractivity contribution in [2.24, 2.45) is 28.6 Å². The summed E-state index contributed by atoms with van der Waals surface area (Å²) in [6, 6.07) is 0. The van der Waals surface area contributed by atoms with Gasteiger partial charge in [0.05, 0.1) is 6.10 Å². The lowest BCUT2D eigenvalue weighted by Gasteiger charge is -2.63. The number of aliphatic hydroxyl groups excluding tert-OH is 2. The zero-order valence-corrected chi connectivity index (χ0v) is 16.9. The maximum atomic E-state index is 16.9. The molecule has 0 aliphatic heterocycles. The first-order valence-corrected chi connectivity index (χ1v) is 10.4. The molecule has 28 heavy (non-hydrogen) atoms. The van der Waals surface area contributed by atoms with Crippen molar-refractivity contribution in [1.82, 2.24) is 0 Å². The van der Waals surface area contributed by atoms with Gasteiger partial charge in [0.25, 0.3) is 0 Å². The zero-order chi connectivity index (χ0) is 20.7. The topological polar surface area (TPSA) is 94.8 Å². The fourth-order valence-electron chi connectivity index (χ4n) is 7.62. The molecule has 3 fully saturated rings. The lowest BCUT2D eigenvalue weighted by molar-refractivity contribution is -0.228. The maximum Gasteiger partial charge on any atom is 0.190 e. The van der Waals surface area contributed by atoms with E-state index in [-0.39, 0.29) is 24.5 Å². The predicted octanol–water partition coefficient (Wildman–Crippen LogP) is 2.12. The van der Waals surface area contributed by atoms with Crippen molar-refractivity contribution in [1.29, 1.82) is 0 Å². The third-order valence-electron chi connectivity index (χ3n) is 9.19. The summed E-state index contributed by atoms with van der Waals surface area (Å²) < 4.78 is 16.9. The minimum atomic E-state index is -1.89. The van der Waals surface area contributed by atoms with Gasteiger partial charge in [0, 0.05) is 23.2 Å². The van der Waals surface area contributed by atoms with Crippen LogP contribution in [0.2, 0.25) is 0 Å². The highest BCUT2D eigenvalue weighted by Crippen LogP contribution is 2.71. The summed E-state index contributed by atoms with van der Waals surface area (Å²) >= 11 is 0. The molecule has 0 heterocycles. The summed E-state index contributed by atoms with van der Waals surface area (Å²) in [6.45, 7) is 4.61. The van der Waals surface area contributed by atoms with Gasteiger partial charge in [0.15, 0.2) is 11.6 Å². The van der Waals surface area contributed by atoms with E-state index < -0.39 is 52.4 Å². The molecule has 0 aromatic rings. The second-order valence-corrected chi connectivity index (χ2v) is 10.1. The Morgan fingerprint density at radius 1 is 1.29 bits per heavy atom. The molecule has 156 valence electrons. The number of aliphatic hydroxyl groups is 3. The van der Waals surface area contributed by atoms with Gasteiger partial charge >= 0.3 is 0 Å². The van der Waals surface area contributed by atoms with E-state index in [2.05, 4.69) is 0 Å². The SMILES string of the molecule is CC1CC2C3CCC4=CC(=O)CC[C@]4(C)[C@@]3(F)C(O)C[C@]2(C)[C@@]1(O)C(=O)CO. The van der Waals surface area contributed by atoms with Crippen LogP contribution in [0.15, 0.2) is 11.6 Å². The molecule has 0 aromatic carbocycles. The third-order valence-corrected chi connectivity index (χ3v) is 9.19.